The van der Waals surface area contributed by atoms with E-state index in [0.717, 1.165) is 27.6 Å². The van der Waals surface area contributed by atoms with E-state index in [1.54, 1.807) is 0 Å². The van der Waals surface area contributed by atoms with Crippen molar-refractivity contribution in [1.29, 1.82) is 0 Å². The number of aryl methyl sites for hydroxylation is 1. The average Bonchev–Trinajstić information content (AvgIpc) is 2.68. The van der Waals surface area contributed by atoms with Crippen molar-refractivity contribution in [2.24, 2.45) is 0 Å². The van der Waals surface area contributed by atoms with Crippen molar-refractivity contribution in [3.8, 4) is 5.75 Å². The summed E-state index contributed by atoms with van der Waals surface area (Å²) in [7, 11) is 0. The SMILES string of the molecule is Cc1cc(Cl)nc2cc3c(cc12)OC(C)(C)C(O)C3NCC(O)c1ccccc1. The monoisotopic (exact) mass is 412 g/mol. The Morgan fingerprint density at radius 3 is 2.66 bits per heavy atom. The molecule has 5 nitrogen and oxygen atoms in total. The zero-order valence-electron chi connectivity index (χ0n) is 16.7. The summed E-state index contributed by atoms with van der Waals surface area (Å²) in [4.78, 5) is 4.43. The molecule has 2 aromatic carbocycles. The van der Waals surface area contributed by atoms with E-state index in [1.165, 1.54) is 0 Å². The first-order valence-electron chi connectivity index (χ1n) is 9.70. The Morgan fingerprint density at radius 2 is 1.93 bits per heavy atom. The minimum absolute atomic E-state index is 0.293. The number of hydrogen-bond donors (Lipinski definition) is 3. The van der Waals surface area contributed by atoms with Gasteiger partial charge < -0.3 is 20.3 Å². The molecule has 3 N–H and O–H groups in total. The predicted molar refractivity (Wildman–Crippen MR) is 114 cm³/mol. The van der Waals surface area contributed by atoms with Crippen LogP contribution in [0.1, 0.15) is 42.7 Å². The van der Waals surface area contributed by atoms with E-state index in [4.69, 9.17) is 16.3 Å². The molecule has 0 fully saturated rings. The second-order valence-electron chi connectivity index (χ2n) is 8.13. The molecule has 0 bridgehead atoms. The summed E-state index contributed by atoms with van der Waals surface area (Å²) in [6.45, 7) is 6.00. The Morgan fingerprint density at radius 1 is 1.21 bits per heavy atom. The van der Waals surface area contributed by atoms with E-state index in [0.29, 0.717) is 17.4 Å². The van der Waals surface area contributed by atoms with Gasteiger partial charge in [-0.2, -0.15) is 0 Å². The van der Waals surface area contributed by atoms with Gasteiger partial charge >= 0.3 is 0 Å². The fraction of sp³-hybridized carbons (Fsp3) is 0.348. The van der Waals surface area contributed by atoms with E-state index >= 15 is 0 Å². The first-order valence-corrected chi connectivity index (χ1v) is 10.1. The molecule has 0 spiro atoms. The smallest absolute Gasteiger partial charge is 0.131 e. The van der Waals surface area contributed by atoms with Gasteiger partial charge in [-0.1, -0.05) is 41.9 Å². The van der Waals surface area contributed by atoms with Gasteiger partial charge in [0.1, 0.15) is 22.6 Å². The normalized spacial score (nSPS) is 21.4. The average molecular weight is 413 g/mol. The van der Waals surface area contributed by atoms with Crippen LogP contribution in [0.4, 0.5) is 0 Å². The molecule has 1 aliphatic rings. The van der Waals surface area contributed by atoms with Gasteiger partial charge in [0, 0.05) is 17.5 Å². The van der Waals surface area contributed by atoms with Crippen molar-refractivity contribution >= 4 is 22.5 Å². The molecule has 1 aliphatic heterocycles. The van der Waals surface area contributed by atoms with Gasteiger partial charge in [-0.15, -0.1) is 0 Å². The summed E-state index contributed by atoms with van der Waals surface area (Å²) in [5.74, 6) is 0.701. The molecule has 0 saturated heterocycles. The van der Waals surface area contributed by atoms with Crippen LogP contribution < -0.4 is 10.1 Å². The Balaban J connectivity index is 1.71. The lowest BCUT2D eigenvalue weighted by atomic mass is 9.85. The van der Waals surface area contributed by atoms with Crippen molar-refractivity contribution in [3.63, 3.8) is 0 Å². The van der Waals surface area contributed by atoms with Crippen molar-refractivity contribution in [2.75, 3.05) is 6.54 Å². The molecule has 0 saturated carbocycles. The number of benzene rings is 2. The molecular formula is C23H25ClN2O3. The van der Waals surface area contributed by atoms with Crippen LogP contribution in [0.15, 0.2) is 48.5 Å². The van der Waals surface area contributed by atoms with Crippen LogP contribution in [0.2, 0.25) is 5.15 Å². The zero-order chi connectivity index (χ0) is 20.8. The van der Waals surface area contributed by atoms with Crippen LogP contribution in [-0.2, 0) is 0 Å². The van der Waals surface area contributed by atoms with Gasteiger partial charge in [0.15, 0.2) is 0 Å². The maximum Gasteiger partial charge on any atom is 0.131 e. The highest BCUT2D eigenvalue weighted by Crippen LogP contribution is 2.42. The fourth-order valence-corrected chi connectivity index (χ4v) is 4.15. The number of aromatic nitrogens is 1. The first kappa shape index (κ1) is 20.1. The van der Waals surface area contributed by atoms with E-state index in [-0.39, 0.29) is 0 Å². The molecule has 3 aromatic rings. The molecule has 152 valence electrons. The van der Waals surface area contributed by atoms with Crippen LogP contribution >= 0.6 is 11.6 Å². The van der Waals surface area contributed by atoms with Crippen LogP contribution in [0.25, 0.3) is 10.9 Å². The fourth-order valence-electron chi connectivity index (χ4n) is 3.90. The van der Waals surface area contributed by atoms with Crippen LogP contribution in [0.3, 0.4) is 0 Å². The Labute approximate surface area is 175 Å². The zero-order valence-corrected chi connectivity index (χ0v) is 17.4. The van der Waals surface area contributed by atoms with Gasteiger partial charge in [0.25, 0.3) is 0 Å². The standard InChI is InChI=1S/C23H25ClN2O3/c1-13-9-20(24)26-17-10-16-19(11-15(13)17)29-23(2,3)22(28)21(16)25-12-18(27)14-7-5-4-6-8-14/h4-11,18,21-22,25,27-28H,12H2,1-3H3. The minimum atomic E-state index is -0.810. The molecule has 29 heavy (non-hydrogen) atoms. The van der Waals surface area contributed by atoms with Crippen LogP contribution in [0, 0.1) is 6.92 Å². The second-order valence-corrected chi connectivity index (χ2v) is 8.52. The number of halogens is 1. The van der Waals surface area contributed by atoms with Crippen LogP contribution in [-0.4, -0.2) is 33.4 Å². The molecular weight excluding hydrogens is 388 g/mol. The third-order valence-electron chi connectivity index (χ3n) is 5.57. The van der Waals surface area contributed by atoms with E-state index in [2.05, 4.69) is 10.3 Å². The lowest BCUT2D eigenvalue weighted by Gasteiger charge is -2.42. The van der Waals surface area contributed by atoms with Crippen molar-refractivity contribution < 1.29 is 14.9 Å². The minimum Gasteiger partial charge on any atom is -0.485 e. The summed E-state index contributed by atoms with van der Waals surface area (Å²) < 4.78 is 6.13. The summed E-state index contributed by atoms with van der Waals surface area (Å²) in [5.41, 5.74) is 2.60. The summed E-state index contributed by atoms with van der Waals surface area (Å²) in [6, 6.07) is 14.7. The maximum absolute atomic E-state index is 11.0. The molecule has 4 rings (SSSR count). The molecule has 1 aromatic heterocycles. The largest absolute Gasteiger partial charge is 0.485 e. The number of aliphatic hydroxyl groups excluding tert-OH is 2. The quantitative estimate of drug-likeness (QED) is 0.563. The van der Waals surface area contributed by atoms with E-state index < -0.39 is 23.9 Å². The molecule has 6 heteroatoms. The Kier molecular flexibility index (Phi) is 5.25. The van der Waals surface area contributed by atoms with Gasteiger partial charge in [-0.3, -0.25) is 0 Å². The molecule has 3 atom stereocenters. The van der Waals surface area contributed by atoms with E-state index in [9.17, 15) is 10.2 Å². The van der Waals surface area contributed by atoms with Crippen LogP contribution in [0.5, 0.6) is 5.75 Å². The Bertz CT molecular complexity index is 1040. The second kappa shape index (κ2) is 7.58. The molecule has 0 radical (unpaired) electrons. The topological polar surface area (TPSA) is 74.6 Å². The highest BCUT2D eigenvalue weighted by molar-refractivity contribution is 6.29. The maximum atomic E-state index is 11.0. The summed E-state index contributed by atoms with van der Waals surface area (Å²) >= 11 is 6.15. The lowest BCUT2D eigenvalue weighted by molar-refractivity contribution is -0.0659. The summed E-state index contributed by atoms with van der Waals surface area (Å²) in [6.07, 6.45) is -1.50. The van der Waals surface area contributed by atoms with Gasteiger partial charge in [-0.25, -0.2) is 4.98 Å². The van der Waals surface area contributed by atoms with Gasteiger partial charge in [-0.05, 0) is 50.1 Å². The van der Waals surface area contributed by atoms with Crippen molar-refractivity contribution in [2.45, 2.75) is 44.6 Å². The summed E-state index contributed by atoms with van der Waals surface area (Å²) in [5, 5.41) is 26.3. The Hall–Kier alpha value is -2.18. The third kappa shape index (κ3) is 3.83. The highest BCUT2D eigenvalue weighted by Gasteiger charge is 2.43. The number of fused-ring (bicyclic) bond motifs is 2. The number of nitrogens with zero attached hydrogens (tertiary/aromatic N) is 1. The van der Waals surface area contributed by atoms with Crippen molar-refractivity contribution in [3.05, 3.63) is 70.4 Å². The number of nitrogens with one attached hydrogen (secondary N) is 1. The van der Waals surface area contributed by atoms with E-state index in [1.807, 2.05) is 69.3 Å². The molecule has 3 unspecified atom stereocenters. The number of ether oxygens (including phenoxy) is 1. The number of rotatable bonds is 4. The van der Waals surface area contributed by atoms with Crippen molar-refractivity contribution in [1.82, 2.24) is 10.3 Å². The van der Waals surface area contributed by atoms with Gasteiger partial charge in [0.05, 0.1) is 17.7 Å². The lowest BCUT2D eigenvalue weighted by Crippen LogP contribution is -2.53. The predicted octanol–water partition coefficient (Wildman–Crippen LogP) is 4.09. The first-order chi connectivity index (χ1) is 13.8. The van der Waals surface area contributed by atoms with Gasteiger partial charge in [0.2, 0.25) is 0 Å². The highest BCUT2D eigenvalue weighted by atomic mass is 35.5. The number of pyridine rings is 1. The number of hydrogen-bond acceptors (Lipinski definition) is 5. The molecule has 2 heterocycles. The number of aliphatic hydroxyl groups is 2. The third-order valence-corrected chi connectivity index (χ3v) is 5.76. The molecule has 0 amide bonds. The molecule has 0 aliphatic carbocycles.